The third kappa shape index (κ3) is 4.51. The SMILES string of the molecule is CC(=O)C1CCC2C3CCC4=CC(=NOCC(=O)NC5CCCCNC5=O)CCC4(C)C3CCC12C. The molecule has 1 saturated heterocycles. The van der Waals surface area contributed by atoms with Gasteiger partial charge in [0.25, 0.3) is 5.91 Å². The first-order chi connectivity index (χ1) is 17.2. The Morgan fingerprint density at radius 1 is 1.08 bits per heavy atom. The monoisotopic (exact) mass is 497 g/mol. The van der Waals surface area contributed by atoms with Crippen molar-refractivity contribution in [1.29, 1.82) is 0 Å². The summed E-state index contributed by atoms with van der Waals surface area (Å²) in [5.74, 6) is 2.30. The van der Waals surface area contributed by atoms with Crippen LogP contribution in [0.1, 0.15) is 91.4 Å². The largest absolute Gasteiger partial charge is 0.385 e. The average molecular weight is 498 g/mol. The van der Waals surface area contributed by atoms with Crippen LogP contribution in [0.3, 0.4) is 0 Å². The summed E-state index contributed by atoms with van der Waals surface area (Å²) in [6.07, 6.45) is 13.6. The van der Waals surface area contributed by atoms with Crippen LogP contribution in [-0.2, 0) is 19.2 Å². The first kappa shape index (κ1) is 25.5. The Hall–Kier alpha value is -2.18. The van der Waals surface area contributed by atoms with Gasteiger partial charge < -0.3 is 15.5 Å². The van der Waals surface area contributed by atoms with Crippen LogP contribution in [0.15, 0.2) is 16.8 Å². The van der Waals surface area contributed by atoms with Crippen LogP contribution in [-0.4, -0.2) is 42.5 Å². The number of nitrogens with one attached hydrogen (secondary N) is 2. The molecule has 3 saturated carbocycles. The number of Topliss-reactive ketones (excluding diaryl/α,β-unsaturated/α-hetero) is 1. The van der Waals surface area contributed by atoms with E-state index in [2.05, 4.69) is 35.7 Å². The summed E-state index contributed by atoms with van der Waals surface area (Å²) in [5, 5.41) is 9.93. The van der Waals surface area contributed by atoms with Gasteiger partial charge in [-0.1, -0.05) is 24.6 Å². The van der Waals surface area contributed by atoms with E-state index in [4.69, 9.17) is 4.84 Å². The number of allylic oxidation sites excluding steroid dienone is 2. The number of oxime groups is 1. The smallest absolute Gasteiger partial charge is 0.261 e. The van der Waals surface area contributed by atoms with Gasteiger partial charge in [0, 0.05) is 12.5 Å². The molecule has 7 nitrogen and oxygen atoms in total. The molecule has 4 aliphatic carbocycles. The molecule has 0 spiro atoms. The summed E-state index contributed by atoms with van der Waals surface area (Å²) in [6, 6.07) is -0.480. The summed E-state index contributed by atoms with van der Waals surface area (Å²) >= 11 is 0. The lowest BCUT2D eigenvalue weighted by Gasteiger charge is -2.58. The minimum Gasteiger partial charge on any atom is -0.385 e. The zero-order valence-corrected chi connectivity index (χ0v) is 22.2. The van der Waals surface area contributed by atoms with Crippen LogP contribution in [0.25, 0.3) is 0 Å². The van der Waals surface area contributed by atoms with Gasteiger partial charge in [0.15, 0.2) is 6.61 Å². The van der Waals surface area contributed by atoms with Gasteiger partial charge >= 0.3 is 0 Å². The second-order valence-corrected chi connectivity index (χ2v) is 12.6. The molecule has 198 valence electrons. The van der Waals surface area contributed by atoms with Gasteiger partial charge in [-0.25, -0.2) is 0 Å². The van der Waals surface area contributed by atoms with E-state index < -0.39 is 6.04 Å². The number of nitrogens with zero attached hydrogens (tertiary/aromatic N) is 1. The second kappa shape index (κ2) is 9.94. The molecule has 5 aliphatic rings. The van der Waals surface area contributed by atoms with E-state index >= 15 is 0 Å². The Labute approximate surface area is 215 Å². The van der Waals surface area contributed by atoms with E-state index in [1.165, 1.54) is 31.3 Å². The Morgan fingerprint density at radius 2 is 1.92 bits per heavy atom. The van der Waals surface area contributed by atoms with Gasteiger partial charge in [0.05, 0.1) is 5.71 Å². The van der Waals surface area contributed by atoms with Gasteiger partial charge in [-0.3, -0.25) is 14.4 Å². The maximum atomic E-state index is 12.4. The summed E-state index contributed by atoms with van der Waals surface area (Å²) in [7, 11) is 0. The zero-order chi connectivity index (χ0) is 25.5. The fourth-order valence-electron chi connectivity index (χ4n) is 8.80. The van der Waals surface area contributed by atoms with E-state index in [-0.39, 0.29) is 35.2 Å². The summed E-state index contributed by atoms with van der Waals surface area (Å²) < 4.78 is 0. The molecule has 36 heavy (non-hydrogen) atoms. The molecule has 0 aromatic heterocycles. The molecular formula is C29H43N3O4. The summed E-state index contributed by atoms with van der Waals surface area (Å²) in [6.45, 7) is 7.16. The molecule has 1 aliphatic heterocycles. The van der Waals surface area contributed by atoms with Crippen molar-refractivity contribution in [3.8, 4) is 0 Å². The Kier molecular flexibility index (Phi) is 7.03. The van der Waals surface area contributed by atoms with Crippen molar-refractivity contribution >= 4 is 23.3 Å². The van der Waals surface area contributed by atoms with Crippen LogP contribution in [0.2, 0.25) is 0 Å². The number of ketones is 1. The van der Waals surface area contributed by atoms with Gasteiger partial charge in [0.1, 0.15) is 11.8 Å². The number of hydrogen-bond acceptors (Lipinski definition) is 5. The number of hydrogen-bond donors (Lipinski definition) is 2. The lowest BCUT2D eigenvalue weighted by molar-refractivity contribution is -0.131. The van der Waals surface area contributed by atoms with Crippen LogP contribution in [0, 0.1) is 34.5 Å². The average Bonchev–Trinajstić information content (AvgIpc) is 3.08. The molecule has 0 aromatic rings. The van der Waals surface area contributed by atoms with Crippen molar-refractivity contribution in [2.45, 2.75) is 97.4 Å². The fourth-order valence-corrected chi connectivity index (χ4v) is 8.80. The molecule has 7 unspecified atom stereocenters. The molecule has 0 bridgehead atoms. The van der Waals surface area contributed by atoms with Crippen LogP contribution in [0.5, 0.6) is 0 Å². The number of carbonyl (C=O) groups is 3. The molecule has 7 heteroatoms. The number of rotatable bonds is 5. The predicted molar refractivity (Wildman–Crippen MR) is 138 cm³/mol. The number of amides is 2. The van der Waals surface area contributed by atoms with Gasteiger partial charge in [-0.05, 0) is 112 Å². The summed E-state index contributed by atoms with van der Waals surface area (Å²) in [5.41, 5.74) is 2.79. The third-order valence-electron chi connectivity index (χ3n) is 10.7. The molecular weight excluding hydrogens is 454 g/mol. The second-order valence-electron chi connectivity index (χ2n) is 12.6. The van der Waals surface area contributed by atoms with E-state index in [0.29, 0.717) is 30.6 Å². The highest BCUT2D eigenvalue weighted by Crippen LogP contribution is 2.66. The molecule has 7 atom stereocenters. The Balaban J connectivity index is 1.20. The third-order valence-corrected chi connectivity index (χ3v) is 10.7. The van der Waals surface area contributed by atoms with E-state index in [1.54, 1.807) is 6.92 Å². The lowest BCUT2D eigenvalue weighted by atomic mass is 9.46. The van der Waals surface area contributed by atoms with Crippen molar-refractivity contribution in [2.75, 3.05) is 13.2 Å². The van der Waals surface area contributed by atoms with Crippen molar-refractivity contribution in [2.24, 2.45) is 39.7 Å². The first-order valence-electron chi connectivity index (χ1n) is 14.2. The zero-order valence-electron chi connectivity index (χ0n) is 22.2. The Bertz CT molecular complexity index is 974. The van der Waals surface area contributed by atoms with Crippen molar-refractivity contribution < 1.29 is 19.2 Å². The minimum absolute atomic E-state index is 0.114. The van der Waals surface area contributed by atoms with Crippen LogP contribution in [0.4, 0.5) is 0 Å². The van der Waals surface area contributed by atoms with Gasteiger partial charge in [-0.15, -0.1) is 0 Å². The van der Waals surface area contributed by atoms with E-state index in [9.17, 15) is 14.4 Å². The van der Waals surface area contributed by atoms with Crippen LogP contribution < -0.4 is 10.6 Å². The molecule has 5 rings (SSSR count). The maximum absolute atomic E-state index is 12.4. The normalized spacial score (nSPS) is 41.2. The molecule has 1 heterocycles. The lowest BCUT2D eigenvalue weighted by Crippen LogP contribution is -2.51. The Morgan fingerprint density at radius 3 is 2.72 bits per heavy atom. The topological polar surface area (TPSA) is 96.9 Å². The highest BCUT2D eigenvalue weighted by Gasteiger charge is 2.59. The highest BCUT2D eigenvalue weighted by atomic mass is 16.6. The van der Waals surface area contributed by atoms with Crippen LogP contribution >= 0.6 is 0 Å². The predicted octanol–water partition coefficient (Wildman–Crippen LogP) is 4.31. The first-order valence-corrected chi connectivity index (χ1v) is 14.2. The molecule has 2 N–H and O–H groups in total. The maximum Gasteiger partial charge on any atom is 0.261 e. The van der Waals surface area contributed by atoms with E-state index in [1.807, 2.05) is 0 Å². The van der Waals surface area contributed by atoms with E-state index in [0.717, 1.165) is 50.2 Å². The van der Waals surface area contributed by atoms with Crippen molar-refractivity contribution in [3.05, 3.63) is 11.6 Å². The molecule has 0 radical (unpaired) electrons. The molecule has 2 amide bonds. The quantitative estimate of drug-likeness (QED) is 0.553. The summed E-state index contributed by atoms with van der Waals surface area (Å²) in [4.78, 5) is 42.2. The van der Waals surface area contributed by atoms with Gasteiger partial charge in [-0.2, -0.15) is 0 Å². The molecule has 4 fully saturated rings. The number of carbonyl (C=O) groups excluding carboxylic acids is 3. The van der Waals surface area contributed by atoms with Crippen molar-refractivity contribution in [3.63, 3.8) is 0 Å². The standard InChI is InChI=1S/C29H43N3O4/c1-18(33)22-9-10-23-21-8-7-19-16-20(11-13-28(19,2)24(21)12-14-29(22,23)3)32-36-17-26(34)31-25-6-4-5-15-30-27(25)35/h16,21-25H,4-15,17H2,1-3H3,(H,30,35)(H,31,34). The van der Waals surface area contributed by atoms with Gasteiger partial charge in [0.2, 0.25) is 5.91 Å². The highest BCUT2D eigenvalue weighted by molar-refractivity contribution is 5.96. The molecule has 0 aromatic carbocycles. The fraction of sp³-hybridized carbons (Fsp3) is 0.793. The van der Waals surface area contributed by atoms with Crippen molar-refractivity contribution in [1.82, 2.24) is 10.6 Å². The minimum atomic E-state index is -0.480. The number of fused-ring (bicyclic) bond motifs is 5.